The van der Waals surface area contributed by atoms with Crippen LogP contribution >= 0.6 is 11.8 Å². The molecule has 1 unspecified atom stereocenters. The Morgan fingerprint density at radius 2 is 1.66 bits per heavy atom. The molecule has 0 saturated carbocycles. The summed E-state index contributed by atoms with van der Waals surface area (Å²) in [6.45, 7) is 3.48. The van der Waals surface area contributed by atoms with Gasteiger partial charge in [-0.15, -0.1) is 16.9 Å². The molecule has 10 nitrogen and oxygen atoms in total. The molecule has 1 N–H and O–H groups in total. The standard InChI is InChI=1S/C33H36N6O4S/c1-32-16-10-20-37(23-12-4-2-5-13-23)29(41)26(32)27-30(42)38(19-8-3-9-21-40)28-31(43)36(18-11-17-33(27,28)44-32)22-39-25-15-7-6-14-24(25)34-35-39/h2,4-7,10-17,26-28,40H,3,8-9,18-22H2,1H3/t26-,27+,28?,32+,33+/m1/s1. The van der Waals surface area contributed by atoms with Gasteiger partial charge >= 0.3 is 0 Å². The summed E-state index contributed by atoms with van der Waals surface area (Å²) in [5, 5.41) is 17.9. The lowest BCUT2D eigenvalue weighted by Crippen LogP contribution is -2.53. The molecule has 0 aliphatic carbocycles. The monoisotopic (exact) mass is 612 g/mol. The van der Waals surface area contributed by atoms with Crippen molar-refractivity contribution in [1.29, 1.82) is 0 Å². The Hall–Kier alpha value is -3.96. The van der Waals surface area contributed by atoms with Crippen LogP contribution in [0.1, 0.15) is 26.2 Å². The molecular formula is C33H36N6O4S. The fraction of sp³-hybridized carbons (Fsp3) is 0.424. The largest absolute Gasteiger partial charge is 0.396 e. The van der Waals surface area contributed by atoms with Crippen molar-refractivity contribution in [3.8, 4) is 0 Å². The number of aliphatic hydroxyl groups is 1. The van der Waals surface area contributed by atoms with Crippen molar-refractivity contribution in [3.05, 3.63) is 78.9 Å². The molecule has 4 aliphatic rings. The van der Waals surface area contributed by atoms with E-state index in [-0.39, 0.29) is 31.0 Å². The average molecular weight is 613 g/mol. The van der Waals surface area contributed by atoms with Gasteiger partial charge in [0.25, 0.3) is 0 Å². The van der Waals surface area contributed by atoms with Crippen molar-refractivity contribution in [2.75, 3.05) is 31.1 Å². The van der Waals surface area contributed by atoms with E-state index in [1.807, 2.05) is 79.7 Å². The SMILES string of the molecule is C[C@]12C=CCN(c3ccccc3)C(=O)[C@H]1[C@H]1C(=O)N(CCCCCO)C3C(=O)N(Cn4nnc5ccccc54)CC=C[C@@]31S2. The van der Waals surface area contributed by atoms with Gasteiger partial charge in [0, 0.05) is 36.7 Å². The van der Waals surface area contributed by atoms with Gasteiger partial charge in [-0.3, -0.25) is 14.4 Å². The molecule has 3 aromatic rings. The second-order valence-electron chi connectivity index (χ2n) is 12.2. The van der Waals surface area contributed by atoms with Gasteiger partial charge in [-0.25, -0.2) is 4.68 Å². The van der Waals surface area contributed by atoms with Crippen molar-refractivity contribution in [3.63, 3.8) is 0 Å². The molecule has 1 aromatic heterocycles. The minimum atomic E-state index is -0.913. The number of nitrogens with zero attached hydrogens (tertiary/aromatic N) is 6. The summed E-state index contributed by atoms with van der Waals surface area (Å²) in [6.07, 6.45) is 10.2. The minimum Gasteiger partial charge on any atom is -0.396 e. The first-order chi connectivity index (χ1) is 21.4. The van der Waals surface area contributed by atoms with Crippen LogP contribution in [0.25, 0.3) is 11.0 Å². The van der Waals surface area contributed by atoms with Gasteiger partial charge in [0.2, 0.25) is 17.7 Å². The molecule has 4 aliphatic heterocycles. The van der Waals surface area contributed by atoms with Crippen LogP contribution in [0, 0.1) is 11.8 Å². The third-order valence-corrected chi connectivity index (χ3v) is 11.3. The summed E-state index contributed by atoms with van der Waals surface area (Å²) in [6, 6.07) is 16.4. The van der Waals surface area contributed by atoms with Crippen LogP contribution in [-0.2, 0) is 21.1 Å². The second kappa shape index (κ2) is 11.2. The molecule has 2 fully saturated rings. The number of thioether (sulfide) groups is 1. The van der Waals surface area contributed by atoms with Crippen molar-refractivity contribution in [1.82, 2.24) is 24.8 Å². The number of carbonyl (C=O) groups excluding carboxylic acids is 3. The van der Waals surface area contributed by atoms with E-state index in [4.69, 9.17) is 0 Å². The summed E-state index contributed by atoms with van der Waals surface area (Å²) in [4.78, 5) is 49.0. The van der Waals surface area contributed by atoms with Crippen LogP contribution in [0.3, 0.4) is 0 Å². The average Bonchev–Trinajstić information content (AvgIpc) is 3.56. The van der Waals surface area contributed by atoms with E-state index >= 15 is 0 Å². The van der Waals surface area contributed by atoms with Crippen LogP contribution in [0.15, 0.2) is 78.9 Å². The molecule has 1 spiro atoms. The summed E-state index contributed by atoms with van der Waals surface area (Å²) in [7, 11) is 0. The molecular weight excluding hydrogens is 576 g/mol. The van der Waals surface area contributed by atoms with Gasteiger partial charge in [-0.1, -0.05) is 59.8 Å². The molecule has 228 valence electrons. The number of rotatable bonds is 8. The van der Waals surface area contributed by atoms with Crippen molar-refractivity contribution in [2.45, 2.75) is 48.4 Å². The Balaban J connectivity index is 1.28. The first kappa shape index (κ1) is 28.8. The Kier molecular flexibility index (Phi) is 7.32. The van der Waals surface area contributed by atoms with Crippen molar-refractivity contribution in [2.24, 2.45) is 11.8 Å². The number of carbonyl (C=O) groups is 3. The topological polar surface area (TPSA) is 112 Å². The molecule has 5 heterocycles. The van der Waals surface area contributed by atoms with Crippen LogP contribution in [0.2, 0.25) is 0 Å². The number of para-hydroxylation sites is 2. The number of benzene rings is 2. The number of amides is 3. The van der Waals surface area contributed by atoms with E-state index in [0.717, 1.165) is 23.1 Å². The third-order valence-electron chi connectivity index (χ3n) is 9.49. The quantitative estimate of drug-likeness (QED) is 0.307. The van der Waals surface area contributed by atoms with E-state index < -0.39 is 27.4 Å². The molecule has 44 heavy (non-hydrogen) atoms. The highest BCUT2D eigenvalue weighted by Crippen LogP contribution is 2.65. The first-order valence-corrected chi connectivity index (χ1v) is 16.1. The van der Waals surface area contributed by atoms with Gasteiger partial charge in [0.15, 0.2) is 0 Å². The molecule has 2 saturated heterocycles. The van der Waals surface area contributed by atoms with E-state index in [2.05, 4.69) is 16.4 Å². The molecule has 5 atom stereocenters. The van der Waals surface area contributed by atoms with Crippen molar-refractivity contribution >= 4 is 46.2 Å². The maximum absolute atomic E-state index is 14.7. The molecule has 7 rings (SSSR count). The van der Waals surface area contributed by atoms with E-state index in [1.54, 1.807) is 31.1 Å². The Bertz CT molecular complexity index is 1660. The number of hydrogen-bond donors (Lipinski definition) is 1. The zero-order chi connectivity index (χ0) is 30.5. The highest BCUT2D eigenvalue weighted by Gasteiger charge is 2.73. The lowest BCUT2D eigenvalue weighted by Gasteiger charge is -2.36. The maximum Gasteiger partial charge on any atom is 0.248 e. The highest BCUT2D eigenvalue weighted by atomic mass is 32.2. The van der Waals surface area contributed by atoms with Crippen LogP contribution < -0.4 is 4.90 Å². The number of unbranched alkanes of at least 4 members (excludes halogenated alkanes) is 2. The fourth-order valence-electron chi connectivity index (χ4n) is 7.53. The van der Waals surface area contributed by atoms with Crippen LogP contribution in [0.4, 0.5) is 5.69 Å². The lowest BCUT2D eigenvalue weighted by molar-refractivity contribution is -0.143. The van der Waals surface area contributed by atoms with E-state index in [0.29, 0.717) is 32.5 Å². The summed E-state index contributed by atoms with van der Waals surface area (Å²) < 4.78 is 0.128. The van der Waals surface area contributed by atoms with Gasteiger partial charge < -0.3 is 19.8 Å². The third kappa shape index (κ3) is 4.47. The first-order valence-electron chi connectivity index (χ1n) is 15.3. The van der Waals surface area contributed by atoms with Gasteiger partial charge in [-0.2, -0.15) is 0 Å². The van der Waals surface area contributed by atoms with Gasteiger partial charge in [0.05, 0.1) is 22.1 Å². The smallest absolute Gasteiger partial charge is 0.248 e. The van der Waals surface area contributed by atoms with Crippen LogP contribution in [0.5, 0.6) is 0 Å². The predicted molar refractivity (Wildman–Crippen MR) is 168 cm³/mol. The summed E-state index contributed by atoms with van der Waals surface area (Å²) >= 11 is 1.59. The van der Waals surface area contributed by atoms with Crippen molar-refractivity contribution < 1.29 is 19.5 Å². The fourth-order valence-corrected chi connectivity index (χ4v) is 9.69. The molecule has 0 bridgehead atoms. The lowest BCUT2D eigenvalue weighted by atomic mass is 9.74. The Labute approximate surface area is 260 Å². The Morgan fingerprint density at radius 1 is 0.886 bits per heavy atom. The zero-order valence-electron chi connectivity index (χ0n) is 24.7. The number of likely N-dealkylation sites (tertiary alicyclic amines) is 1. The zero-order valence-corrected chi connectivity index (χ0v) is 25.5. The molecule has 11 heteroatoms. The maximum atomic E-state index is 14.7. The number of aromatic nitrogens is 3. The number of fused-ring (bicyclic) bond motifs is 3. The van der Waals surface area contributed by atoms with E-state index in [1.165, 1.54) is 0 Å². The number of aliphatic hydroxyl groups excluding tert-OH is 1. The van der Waals surface area contributed by atoms with Gasteiger partial charge in [-0.05, 0) is 50.5 Å². The Morgan fingerprint density at radius 3 is 2.48 bits per heavy atom. The normalized spacial score (nSPS) is 29.6. The summed E-state index contributed by atoms with van der Waals surface area (Å²) in [5.74, 6) is -1.75. The minimum absolute atomic E-state index is 0.0810. The molecule has 0 radical (unpaired) electrons. The number of anilines is 1. The molecule has 2 aromatic carbocycles. The summed E-state index contributed by atoms with van der Waals surface area (Å²) in [5.41, 5.74) is 2.36. The van der Waals surface area contributed by atoms with Crippen LogP contribution in [-0.4, -0.2) is 89.4 Å². The highest BCUT2D eigenvalue weighted by molar-refractivity contribution is 8.02. The molecule has 3 amide bonds. The number of hydrogen-bond acceptors (Lipinski definition) is 7. The predicted octanol–water partition coefficient (Wildman–Crippen LogP) is 3.24. The second-order valence-corrected chi connectivity index (χ2v) is 14.0. The van der Waals surface area contributed by atoms with Gasteiger partial charge in [0.1, 0.15) is 18.2 Å². The van der Waals surface area contributed by atoms with E-state index in [9.17, 15) is 19.5 Å².